The number of rotatable bonds is 9. The smallest absolute Gasteiger partial charge is 0.274 e. The Bertz CT molecular complexity index is 1450. The highest BCUT2D eigenvalue weighted by Crippen LogP contribution is 2.60. The summed E-state index contributed by atoms with van der Waals surface area (Å²) in [7, 11) is 1.94. The fraction of sp³-hybridized carbons (Fsp3) is 0.543. The molecule has 1 saturated heterocycles. The number of piperazine rings is 1. The van der Waals surface area contributed by atoms with Crippen molar-refractivity contribution < 1.29 is 13.9 Å². The van der Waals surface area contributed by atoms with Gasteiger partial charge < -0.3 is 14.5 Å². The standard InChI is InChI=1S/C35H43FN6O2/c1-3-44-29-16-28(20-37-21-29)30-5-4-24(15-31(30)36)22-41-8-10-42(11-9-41)33-7-6-32(38-39-33)34(43)40(2)23-35-17-25-12-26(18-35)14-27(13-25)19-35/h4-7,15-16,20-21,25-27H,3,8-14,17-19,22-23H2,1-2H3. The number of halogens is 1. The minimum Gasteiger partial charge on any atom is -0.492 e. The zero-order valence-electron chi connectivity index (χ0n) is 25.9. The number of carbonyl (C=O) groups excluding carboxylic acids is 1. The van der Waals surface area contributed by atoms with Crippen molar-refractivity contribution in [3.05, 3.63) is 65.9 Å². The summed E-state index contributed by atoms with van der Waals surface area (Å²) in [5.74, 6) is 3.77. The lowest BCUT2D eigenvalue weighted by atomic mass is 9.49. The molecule has 2 aromatic heterocycles. The van der Waals surface area contributed by atoms with Gasteiger partial charge in [0, 0.05) is 63.6 Å². The van der Waals surface area contributed by atoms with Gasteiger partial charge in [-0.05, 0) is 98.4 Å². The van der Waals surface area contributed by atoms with Crippen LogP contribution in [0.4, 0.5) is 10.2 Å². The van der Waals surface area contributed by atoms with E-state index in [1.807, 2.05) is 49.2 Å². The van der Waals surface area contributed by atoms with Gasteiger partial charge >= 0.3 is 0 Å². The van der Waals surface area contributed by atoms with Crippen LogP contribution in [0.15, 0.2) is 48.8 Å². The summed E-state index contributed by atoms with van der Waals surface area (Å²) < 4.78 is 20.6. The third-order valence-corrected chi connectivity index (χ3v) is 10.4. The van der Waals surface area contributed by atoms with E-state index >= 15 is 4.39 Å². The third-order valence-electron chi connectivity index (χ3n) is 10.4. The maximum absolute atomic E-state index is 15.1. The fourth-order valence-corrected chi connectivity index (χ4v) is 8.96. The molecule has 1 amide bonds. The number of hydrogen-bond acceptors (Lipinski definition) is 7. The van der Waals surface area contributed by atoms with Crippen LogP contribution in [0.2, 0.25) is 0 Å². The van der Waals surface area contributed by atoms with Crippen molar-refractivity contribution in [1.29, 1.82) is 0 Å². The van der Waals surface area contributed by atoms with Crippen molar-refractivity contribution in [2.45, 2.75) is 52.0 Å². The van der Waals surface area contributed by atoms with Crippen molar-refractivity contribution in [3.8, 4) is 16.9 Å². The number of anilines is 1. The minimum absolute atomic E-state index is 0.0267. The molecule has 4 saturated carbocycles. The van der Waals surface area contributed by atoms with Gasteiger partial charge in [0.2, 0.25) is 0 Å². The molecule has 4 aliphatic carbocycles. The Kier molecular flexibility index (Phi) is 7.99. The highest BCUT2D eigenvalue weighted by molar-refractivity contribution is 5.92. The van der Waals surface area contributed by atoms with Crippen LogP contribution in [0.3, 0.4) is 0 Å². The van der Waals surface area contributed by atoms with E-state index in [1.165, 1.54) is 38.5 Å². The second kappa shape index (κ2) is 12.1. The van der Waals surface area contributed by atoms with E-state index in [9.17, 15) is 4.79 Å². The van der Waals surface area contributed by atoms with Crippen LogP contribution < -0.4 is 9.64 Å². The first-order valence-electron chi connectivity index (χ1n) is 16.3. The molecule has 9 heteroatoms. The molecule has 1 aliphatic heterocycles. The second-order valence-electron chi connectivity index (χ2n) is 13.8. The summed E-state index contributed by atoms with van der Waals surface area (Å²) in [6, 6.07) is 11.0. The van der Waals surface area contributed by atoms with Crippen molar-refractivity contribution >= 4 is 11.7 Å². The van der Waals surface area contributed by atoms with Crippen LogP contribution in [0.5, 0.6) is 5.75 Å². The Morgan fingerprint density at radius 2 is 1.70 bits per heavy atom. The van der Waals surface area contributed by atoms with Gasteiger partial charge in [0.15, 0.2) is 11.5 Å². The van der Waals surface area contributed by atoms with E-state index in [1.54, 1.807) is 18.5 Å². The summed E-state index contributed by atoms with van der Waals surface area (Å²) >= 11 is 0. The van der Waals surface area contributed by atoms with Gasteiger partial charge in [-0.2, -0.15) is 0 Å². The summed E-state index contributed by atoms with van der Waals surface area (Å²) in [6.45, 7) is 7.23. The number of ether oxygens (including phenoxy) is 1. The van der Waals surface area contributed by atoms with Gasteiger partial charge in [-0.15, -0.1) is 10.2 Å². The first kappa shape index (κ1) is 29.1. The average molecular weight is 599 g/mol. The monoisotopic (exact) mass is 598 g/mol. The Labute approximate surface area is 259 Å². The largest absolute Gasteiger partial charge is 0.492 e. The first-order chi connectivity index (χ1) is 21.4. The Balaban J connectivity index is 0.915. The molecule has 5 aliphatic rings. The van der Waals surface area contributed by atoms with Gasteiger partial charge in [-0.25, -0.2) is 4.39 Å². The maximum Gasteiger partial charge on any atom is 0.274 e. The van der Waals surface area contributed by atoms with Crippen LogP contribution >= 0.6 is 0 Å². The first-order valence-corrected chi connectivity index (χ1v) is 16.3. The molecule has 8 nitrogen and oxygen atoms in total. The molecular formula is C35H43FN6O2. The maximum atomic E-state index is 15.1. The molecule has 0 radical (unpaired) electrons. The number of carbonyl (C=O) groups is 1. The molecule has 0 atom stereocenters. The predicted octanol–water partition coefficient (Wildman–Crippen LogP) is 5.69. The van der Waals surface area contributed by atoms with E-state index < -0.39 is 0 Å². The Morgan fingerprint density at radius 1 is 0.977 bits per heavy atom. The van der Waals surface area contributed by atoms with Gasteiger partial charge in [0.05, 0.1) is 12.8 Å². The third kappa shape index (κ3) is 6.03. The topological polar surface area (TPSA) is 74.7 Å². The molecule has 1 aromatic carbocycles. The number of benzene rings is 1. The molecule has 5 fully saturated rings. The number of nitrogens with zero attached hydrogens (tertiary/aromatic N) is 6. The second-order valence-corrected chi connectivity index (χ2v) is 13.8. The van der Waals surface area contributed by atoms with Crippen molar-refractivity contribution in [3.63, 3.8) is 0 Å². The lowest BCUT2D eigenvalue weighted by Crippen LogP contribution is -2.51. The molecule has 0 N–H and O–H groups in total. The number of amides is 1. The zero-order chi connectivity index (χ0) is 30.3. The van der Waals surface area contributed by atoms with E-state index in [0.717, 1.165) is 61.9 Å². The van der Waals surface area contributed by atoms with Crippen molar-refractivity contribution in [1.82, 2.24) is 25.0 Å². The van der Waals surface area contributed by atoms with Crippen LogP contribution in [-0.2, 0) is 6.54 Å². The molecule has 44 heavy (non-hydrogen) atoms. The summed E-state index contributed by atoms with van der Waals surface area (Å²) in [6.07, 6.45) is 11.4. The molecule has 3 heterocycles. The molecular weight excluding hydrogens is 555 g/mol. The van der Waals surface area contributed by atoms with Crippen LogP contribution in [-0.4, -0.2) is 77.3 Å². The van der Waals surface area contributed by atoms with Gasteiger partial charge in [0.1, 0.15) is 11.6 Å². The van der Waals surface area contributed by atoms with Crippen molar-refractivity contribution in [2.75, 3.05) is 51.3 Å². The number of aromatic nitrogens is 3. The molecule has 0 spiro atoms. The van der Waals surface area contributed by atoms with E-state index in [4.69, 9.17) is 4.74 Å². The summed E-state index contributed by atoms with van der Waals surface area (Å²) in [4.78, 5) is 23.9. The predicted molar refractivity (Wildman–Crippen MR) is 168 cm³/mol. The highest BCUT2D eigenvalue weighted by Gasteiger charge is 2.51. The van der Waals surface area contributed by atoms with Crippen LogP contribution in [0.25, 0.3) is 11.1 Å². The van der Waals surface area contributed by atoms with Crippen LogP contribution in [0.1, 0.15) is 61.5 Å². The molecule has 3 aromatic rings. The fourth-order valence-electron chi connectivity index (χ4n) is 8.96. The molecule has 4 bridgehead atoms. The average Bonchev–Trinajstić information content (AvgIpc) is 3.01. The quantitative estimate of drug-likeness (QED) is 0.314. The van der Waals surface area contributed by atoms with Crippen LogP contribution in [0, 0.1) is 29.0 Å². The SMILES string of the molecule is CCOc1cncc(-c2ccc(CN3CCN(c4ccc(C(=O)N(C)CC56CC7CC(CC(C7)C5)C6)nn4)CC3)cc2F)c1. The Hall–Kier alpha value is -3.59. The van der Waals surface area contributed by atoms with E-state index in [0.29, 0.717) is 41.1 Å². The lowest BCUT2D eigenvalue weighted by Gasteiger charge is -2.57. The lowest BCUT2D eigenvalue weighted by molar-refractivity contribution is -0.0629. The highest BCUT2D eigenvalue weighted by atomic mass is 19.1. The molecule has 232 valence electrons. The van der Waals surface area contributed by atoms with Gasteiger partial charge in [-0.1, -0.05) is 12.1 Å². The number of hydrogen-bond donors (Lipinski definition) is 0. The van der Waals surface area contributed by atoms with E-state index in [2.05, 4.69) is 25.0 Å². The zero-order valence-corrected chi connectivity index (χ0v) is 25.9. The van der Waals surface area contributed by atoms with Crippen molar-refractivity contribution in [2.24, 2.45) is 23.2 Å². The molecule has 8 rings (SSSR count). The number of pyridine rings is 1. The van der Waals surface area contributed by atoms with Gasteiger partial charge in [-0.3, -0.25) is 14.7 Å². The minimum atomic E-state index is -0.259. The summed E-state index contributed by atoms with van der Waals surface area (Å²) in [5, 5.41) is 8.82. The molecule has 0 unspecified atom stereocenters. The normalized spacial score (nSPS) is 26.2. The van der Waals surface area contributed by atoms with Gasteiger partial charge in [0.25, 0.3) is 5.91 Å². The summed E-state index contributed by atoms with van der Waals surface area (Å²) in [5.41, 5.74) is 2.90. The Morgan fingerprint density at radius 3 is 2.34 bits per heavy atom. The van der Waals surface area contributed by atoms with E-state index in [-0.39, 0.29) is 11.7 Å².